The van der Waals surface area contributed by atoms with E-state index in [0.29, 0.717) is 5.82 Å². The Morgan fingerprint density at radius 1 is 1.47 bits per heavy atom. The average Bonchev–Trinajstić information content (AvgIpc) is 2.84. The van der Waals surface area contributed by atoms with Crippen molar-refractivity contribution in [2.24, 2.45) is 0 Å². The largest absolute Gasteiger partial charge is 0.309 e. The number of amides is 1. The van der Waals surface area contributed by atoms with Gasteiger partial charge in [-0.05, 0) is 25.5 Å². The van der Waals surface area contributed by atoms with E-state index in [4.69, 9.17) is 0 Å². The zero-order chi connectivity index (χ0) is 12.3. The molecule has 0 aliphatic carbocycles. The highest BCUT2D eigenvalue weighted by atomic mass is 16.2. The molecular weight excluding hydrogens is 218 g/mol. The molecule has 88 valence electrons. The lowest BCUT2D eigenvalue weighted by Gasteiger charge is -2.11. The first kappa shape index (κ1) is 11.3. The number of hydrogen-bond donors (Lipinski definition) is 1. The predicted molar refractivity (Wildman–Crippen MR) is 62.3 cm³/mol. The smallest absolute Gasteiger partial charge is 0.250 e. The van der Waals surface area contributed by atoms with Crippen LogP contribution in [0.2, 0.25) is 0 Å². The monoisotopic (exact) mass is 231 g/mol. The Hall–Kier alpha value is -2.24. The summed E-state index contributed by atoms with van der Waals surface area (Å²) in [5.41, 5.74) is 1.05. The van der Waals surface area contributed by atoms with Gasteiger partial charge in [0.05, 0.1) is 0 Å². The molecule has 0 spiro atoms. The lowest BCUT2D eigenvalue weighted by atomic mass is 10.3. The Morgan fingerprint density at radius 3 is 2.88 bits per heavy atom. The summed E-state index contributed by atoms with van der Waals surface area (Å²) in [6.07, 6.45) is 4.61. The molecule has 1 amide bonds. The zero-order valence-corrected chi connectivity index (χ0v) is 9.66. The Kier molecular flexibility index (Phi) is 3.13. The highest BCUT2D eigenvalue weighted by Gasteiger charge is 2.15. The topological polar surface area (TPSA) is 72.7 Å². The van der Waals surface area contributed by atoms with Crippen molar-refractivity contribution in [3.05, 3.63) is 36.5 Å². The molecule has 0 aromatic carbocycles. The van der Waals surface area contributed by atoms with Gasteiger partial charge in [-0.15, -0.1) is 0 Å². The van der Waals surface area contributed by atoms with E-state index in [-0.39, 0.29) is 5.91 Å². The summed E-state index contributed by atoms with van der Waals surface area (Å²) < 4.78 is 1.49. The van der Waals surface area contributed by atoms with Crippen LogP contribution in [-0.4, -0.2) is 25.7 Å². The summed E-state index contributed by atoms with van der Waals surface area (Å²) in [6.45, 7) is 3.69. The van der Waals surface area contributed by atoms with E-state index in [9.17, 15) is 4.79 Å². The Morgan fingerprint density at radius 2 is 2.29 bits per heavy atom. The minimum Gasteiger partial charge on any atom is -0.309 e. The molecule has 0 aliphatic heterocycles. The molecule has 0 unspecified atom stereocenters. The maximum absolute atomic E-state index is 11.9. The summed E-state index contributed by atoms with van der Waals surface area (Å²) >= 11 is 0. The number of pyridine rings is 1. The second kappa shape index (κ2) is 4.73. The van der Waals surface area contributed by atoms with Crippen LogP contribution in [0.1, 0.15) is 18.5 Å². The van der Waals surface area contributed by atoms with Gasteiger partial charge in [-0.2, -0.15) is 5.10 Å². The first-order valence-electron chi connectivity index (χ1n) is 5.24. The fraction of sp³-hybridized carbons (Fsp3) is 0.273. The van der Waals surface area contributed by atoms with Crippen LogP contribution in [0.15, 0.2) is 31.0 Å². The Balaban J connectivity index is 2.04. The van der Waals surface area contributed by atoms with Crippen LogP contribution in [-0.2, 0) is 4.79 Å². The fourth-order valence-electron chi connectivity index (χ4n) is 1.31. The maximum atomic E-state index is 11.9. The third kappa shape index (κ3) is 2.66. The summed E-state index contributed by atoms with van der Waals surface area (Å²) in [7, 11) is 0. The van der Waals surface area contributed by atoms with Crippen molar-refractivity contribution in [1.29, 1.82) is 0 Å². The van der Waals surface area contributed by atoms with Crippen molar-refractivity contribution < 1.29 is 4.79 Å². The van der Waals surface area contributed by atoms with Gasteiger partial charge in [-0.1, -0.05) is 6.07 Å². The Bertz CT molecular complexity index is 491. The molecule has 0 fully saturated rings. The second-order valence-corrected chi connectivity index (χ2v) is 3.76. The van der Waals surface area contributed by atoms with Gasteiger partial charge < -0.3 is 5.32 Å². The van der Waals surface area contributed by atoms with Crippen LogP contribution in [0.5, 0.6) is 0 Å². The molecule has 0 aliphatic rings. The lowest BCUT2D eigenvalue weighted by molar-refractivity contribution is -0.119. The molecule has 6 nitrogen and oxygen atoms in total. The number of anilines is 1. The third-order valence-corrected chi connectivity index (χ3v) is 2.38. The number of aryl methyl sites for hydroxylation is 1. The molecule has 17 heavy (non-hydrogen) atoms. The number of nitrogens with zero attached hydrogens (tertiary/aromatic N) is 4. The molecule has 1 N–H and O–H groups in total. The standard InChI is InChI=1S/C11H13N5O/c1-8-3-4-10(13-5-8)15-11(17)9(2)16-7-12-6-14-16/h3-7,9H,1-2H3,(H,13,15,17)/t9-/m1/s1. The predicted octanol–water partition coefficient (Wildman–Crippen LogP) is 1.18. The molecular formula is C11H13N5O. The van der Waals surface area contributed by atoms with E-state index >= 15 is 0 Å². The molecule has 0 radical (unpaired) electrons. The molecule has 0 saturated carbocycles. The maximum Gasteiger partial charge on any atom is 0.250 e. The van der Waals surface area contributed by atoms with Gasteiger partial charge in [0.2, 0.25) is 5.91 Å². The molecule has 0 saturated heterocycles. The van der Waals surface area contributed by atoms with E-state index in [1.165, 1.54) is 17.3 Å². The van der Waals surface area contributed by atoms with Gasteiger partial charge in [-0.25, -0.2) is 14.6 Å². The van der Waals surface area contributed by atoms with Crippen LogP contribution in [0.25, 0.3) is 0 Å². The van der Waals surface area contributed by atoms with E-state index in [1.54, 1.807) is 19.2 Å². The van der Waals surface area contributed by atoms with E-state index < -0.39 is 6.04 Å². The SMILES string of the molecule is Cc1ccc(NC(=O)[C@@H](C)n2cncn2)nc1. The molecule has 2 aromatic heterocycles. The van der Waals surface area contributed by atoms with Crippen LogP contribution in [0.3, 0.4) is 0 Å². The molecule has 2 aromatic rings. The van der Waals surface area contributed by atoms with Gasteiger partial charge in [0, 0.05) is 6.20 Å². The molecule has 6 heteroatoms. The van der Waals surface area contributed by atoms with Crippen molar-refractivity contribution in [3.63, 3.8) is 0 Å². The minimum absolute atomic E-state index is 0.174. The van der Waals surface area contributed by atoms with Crippen molar-refractivity contribution in [1.82, 2.24) is 19.7 Å². The first-order chi connectivity index (χ1) is 8.16. The lowest BCUT2D eigenvalue weighted by Crippen LogP contribution is -2.24. The summed E-state index contributed by atoms with van der Waals surface area (Å²) in [4.78, 5) is 19.8. The van der Waals surface area contributed by atoms with Gasteiger partial charge in [0.15, 0.2) is 0 Å². The summed E-state index contributed by atoms with van der Waals surface area (Å²) in [6, 6.07) is 3.24. The van der Waals surface area contributed by atoms with E-state index in [1.807, 2.05) is 13.0 Å². The van der Waals surface area contributed by atoms with Gasteiger partial charge in [-0.3, -0.25) is 4.79 Å². The number of rotatable bonds is 3. The molecule has 2 heterocycles. The highest BCUT2D eigenvalue weighted by Crippen LogP contribution is 2.08. The highest BCUT2D eigenvalue weighted by molar-refractivity contribution is 5.92. The quantitative estimate of drug-likeness (QED) is 0.860. The zero-order valence-electron chi connectivity index (χ0n) is 9.66. The summed E-state index contributed by atoms with van der Waals surface area (Å²) in [5, 5.41) is 6.64. The van der Waals surface area contributed by atoms with E-state index in [2.05, 4.69) is 20.4 Å². The fourth-order valence-corrected chi connectivity index (χ4v) is 1.31. The van der Waals surface area contributed by atoms with Crippen molar-refractivity contribution in [3.8, 4) is 0 Å². The molecule has 2 rings (SSSR count). The summed E-state index contributed by atoms with van der Waals surface area (Å²) in [5.74, 6) is 0.361. The van der Waals surface area contributed by atoms with Crippen LogP contribution in [0.4, 0.5) is 5.82 Å². The number of nitrogens with one attached hydrogen (secondary N) is 1. The van der Waals surface area contributed by atoms with Crippen LogP contribution >= 0.6 is 0 Å². The number of carbonyl (C=O) groups excluding carboxylic acids is 1. The van der Waals surface area contributed by atoms with Gasteiger partial charge in [0.1, 0.15) is 24.5 Å². The van der Waals surface area contributed by atoms with E-state index in [0.717, 1.165) is 5.56 Å². The Labute approximate surface area is 98.7 Å². The minimum atomic E-state index is -0.416. The number of aromatic nitrogens is 4. The normalized spacial score (nSPS) is 12.1. The van der Waals surface area contributed by atoms with Gasteiger partial charge >= 0.3 is 0 Å². The number of carbonyl (C=O) groups is 1. The van der Waals surface area contributed by atoms with Crippen LogP contribution < -0.4 is 5.32 Å². The number of hydrogen-bond acceptors (Lipinski definition) is 4. The molecule has 1 atom stereocenters. The molecule has 0 bridgehead atoms. The van der Waals surface area contributed by atoms with Crippen molar-refractivity contribution in [2.45, 2.75) is 19.9 Å². The second-order valence-electron chi connectivity index (χ2n) is 3.76. The van der Waals surface area contributed by atoms with Crippen LogP contribution in [0, 0.1) is 6.92 Å². The van der Waals surface area contributed by atoms with Crippen molar-refractivity contribution in [2.75, 3.05) is 5.32 Å². The third-order valence-electron chi connectivity index (χ3n) is 2.38. The van der Waals surface area contributed by atoms with Gasteiger partial charge in [0.25, 0.3) is 0 Å². The van der Waals surface area contributed by atoms with Crippen molar-refractivity contribution >= 4 is 11.7 Å². The first-order valence-corrected chi connectivity index (χ1v) is 5.24. The average molecular weight is 231 g/mol.